The predicted octanol–water partition coefficient (Wildman–Crippen LogP) is 2.87. The van der Waals surface area contributed by atoms with Gasteiger partial charge in [-0.05, 0) is 54.0 Å². The van der Waals surface area contributed by atoms with Crippen LogP contribution in [0.15, 0.2) is 81.7 Å². The molecule has 0 fully saturated rings. The molecule has 216 valence electrons. The van der Waals surface area contributed by atoms with Crippen LogP contribution < -0.4 is 29.5 Å². The van der Waals surface area contributed by atoms with Crippen LogP contribution in [-0.4, -0.2) is 36.8 Å². The summed E-state index contributed by atoms with van der Waals surface area (Å²) < 4.78 is 18.5. The summed E-state index contributed by atoms with van der Waals surface area (Å²) in [5.74, 6) is -0.933. The van der Waals surface area contributed by atoms with Gasteiger partial charge in [0.25, 0.3) is 5.56 Å². The average Bonchev–Trinajstić information content (AvgIpc) is 3.29. The SMILES string of the molecule is CCCC1=C(C(=O)OCC)[C@H](c2c(OC)ccc3ccccc23)n2c(s/c(=C\c3ccc(OCC(=O)[O-])cc3)c2=O)=N1. The van der Waals surface area contributed by atoms with Gasteiger partial charge in [-0.3, -0.25) is 9.36 Å². The normalized spacial score (nSPS) is 14.8. The van der Waals surface area contributed by atoms with Crippen LogP contribution in [0.25, 0.3) is 16.8 Å². The van der Waals surface area contributed by atoms with E-state index in [0.29, 0.717) is 49.7 Å². The van der Waals surface area contributed by atoms with Crippen molar-refractivity contribution in [1.82, 2.24) is 4.57 Å². The van der Waals surface area contributed by atoms with Gasteiger partial charge in [0.05, 0.1) is 35.5 Å². The molecule has 3 aromatic carbocycles. The maximum atomic E-state index is 14.1. The lowest BCUT2D eigenvalue weighted by atomic mass is 9.90. The number of carbonyl (C=O) groups is 2. The van der Waals surface area contributed by atoms with Crippen LogP contribution in [-0.2, 0) is 14.3 Å². The van der Waals surface area contributed by atoms with Crippen LogP contribution >= 0.6 is 11.3 Å². The Kier molecular flexibility index (Phi) is 8.53. The molecule has 0 aliphatic carbocycles. The Hall–Kier alpha value is -4.70. The highest BCUT2D eigenvalue weighted by Gasteiger charge is 2.37. The van der Waals surface area contributed by atoms with Crippen molar-refractivity contribution in [3.8, 4) is 11.5 Å². The van der Waals surface area contributed by atoms with E-state index < -0.39 is 24.6 Å². The molecule has 1 atom stereocenters. The zero-order valence-corrected chi connectivity index (χ0v) is 24.2. The number of carboxylic acid groups (broad SMARTS) is 1. The molecule has 4 aromatic rings. The summed E-state index contributed by atoms with van der Waals surface area (Å²) in [6.45, 7) is 3.37. The summed E-state index contributed by atoms with van der Waals surface area (Å²) in [5, 5.41) is 12.5. The van der Waals surface area contributed by atoms with Crippen LogP contribution in [0.1, 0.15) is 43.9 Å². The third kappa shape index (κ3) is 5.58. The fraction of sp³-hybridized carbons (Fsp3) is 0.250. The molecular formula is C32H29N2O7S-. The first kappa shape index (κ1) is 28.8. The number of rotatable bonds is 10. The monoisotopic (exact) mass is 585 g/mol. The number of hydrogen-bond acceptors (Lipinski definition) is 9. The van der Waals surface area contributed by atoms with Crippen molar-refractivity contribution in [3.63, 3.8) is 0 Å². The molecule has 2 heterocycles. The van der Waals surface area contributed by atoms with E-state index in [4.69, 9.17) is 19.2 Å². The van der Waals surface area contributed by atoms with E-state index in [9.17, 15) is 19.5 Å². The highest BCUT2D eigenvalue weighted by molar-refractivity contribution is 7.07. The van der Waals surface area contributed by atoms with E-state index in [-0.39, 0.29) is 12.2 Å². The van der Waals surface area contributed by atoms with E-state index in [1.54, 1.807) is 48.9 Å². The molecule has 0 saturated heterocycles. The van der Waals surface area contributed by atoms with Gasteiger partial charge in [-0.25, -0.2) is 9.79 Å². The minimum Gasteiger partial charge on any atom is -0.546 e. The van der Waals surface area contributed by atoms with E-state index in [1.165, 1.54) is 11.3 Å². The van der Waals surface area contributed by atoms with Crippen molar-refractivity contribution in [2.45, 2.75) is 32.7 Å². The Balaban J connectivity index is 1.75. The zero-order valence-electron chi connectivity index (χ0n) is 23.4. The molecule has 42 heavy (non-hydrogen) atoms. The maximum absolute atomic E-state index is 14.1. The van der Waals surface area contributed by atoms with Crippen LogP contribution in [0.2, 0.25) is 0 Å². The van der Waals surface area contributed by atoms with Crippen LogP contribution in [0.5, 0.6) is 11.5 Å². The van der Waals surface area contributed by atoms with E-state index in [0.717, 1.165) is 17.2 Å². The van der Waals surface area contributed by atoms with Crippen molar-refractivity contribution in [1.29, 1.82) is 0 Å². The first-order chi connectivity index (χ1) is 20.4. The number of aromatic nitrogens is 1. The number of esters is 1. The number of benzene rings is 3. The second kappa shape index (κ2) is 12.4. The Labute approximate surface area is 245 Å². The molecule has 5 rings (SSSR count). The fourth-order valence-corrected chi connectivity index (χ4v) is 6.10. The van der Waals surface area contributed by atoms with Crippen molar-refractivity contribution in [2.75, 3.05) is 20.3 Å². The fourth-order valence-electron chi connectivity index (χ4n) is 5.08. The van der Waals surface area contributed by atoms with Crippen molar-refractivity contribution in [2.24, 2.45) is 4.99 Å². The lowest BCUT2D eigenvalue weighted by Crippen LogP contribution is -2.40. The second-order valence-corrected chi connectivity index (χ2v) is 10.6. The standard InChI is InChI=1S/C32H30N2O7S/c1-4-8-23-28(31(38)40-5-2)29(27-22-10-7-6-9-20(22)13-16-24(27)39-3)34-30(37)25(42-32(34)33-23)17-19-11-14-21(15-12-19)41-18-26(35)36/h6-7,9-17,29H,4-5,8,18H2,1-3H3,(H,35,36)/p-1/b25-17-/t29-/m0/s1. The molecule has 9 nitrogen and oxygen atoms in total. The third-order valence-electron chi connectivity index (χ3n) is 6.85. The number of nitrogens with zero attached hydrogens (tertiary/aromatic N) is 2. The van der Waals surface area contributed by atoms with Gasteiger partial charge < -0.3 is 24.1 Å². The topological polar surface area (TPSA) is 119 Å². The number of aliphatic carboxylic acids is 1. The van der Waals surface area contributed by atoms with E-state index in [1.807, 2.05) is 43.3 Å². The van der Waals surface area contributed by atoms with Crippen LogP contribution in [0.4, 0.5) is 0 Å². The summed E-state index contributed by atoms with van der Waals surface area (Å²) >= 11 is 1.23. The molecule has 10 heteroatoms. The molecule has 0 unspecified atom stereocenters. The van der Waals surface area contributed by atoms with Gasteiger partial charge in [-0.2, -0.15) is 0 Å². The molecule has 1 aromatic heterocycles. The lowest BCUT2D eigenvalue weighted by molar-refractivity contribution is -0.307. The first-order valence-electron chi connectivity index (χ1n) is 13.6. The minimum absolute atomic E-state index is 0.175. The van der Waals surface area contributed by atoms with Crippen LogP contribution in [0.3, 0.4) is 0 Å². The van der Waals surface area contributed by atoms with Crippen molar-refractivity contribution in [3.05, 3.63) is 103 Å². The summed E-state index contributed by atoms with van der Waals surface area (Å²) in [5.41, 5.74) is 1.98. The second-order valence-electron chi connectivity index (χ2n) is 9.55. The zero-order chi connectivity index (χ0) is 29.8. The number of ether oxygens (including phenoxy) is 3. The number of allylic oxidation sites excluding steroid dienone is 1. The van der Waals surface area contributed by atoms with Crippen molar-refractivity contribution < 1.29 is 28.9 Å². The van der Waals surface area contributed by atoms with E-state index >= 15 is 0 Å². The Morgan fingerprint density at radius 2 is 1.83 bits per heavy atom. The van der Waals surface area contributed by atoms with Gasteiger partial charge in [0.15, 0.2) is 4.80 Å². The predicted molar refractivity (Wildman–Crippen MR) is 157 cm³/mol. The maximum Gasteiger partial charge on any atom is 0.338 e. The van der Waals surface area contributed by atoms with Gasteiger partial charge >= 0.3 is 5.97 Å². The molecule has 1 aliphatic heterocycles. The largest absolute Gasteiger partial charge is 0.546 e. The molecule has 0 saturated carbocycles. The molecular weight excluding hydrogens is 556 g/mol. The summed E-state index contributed by atoms with van der Waals surface area (Å²) in [6.07, 6.45) is 3.00. The number of methoxy groups -OCH3 is 1. The quantitative estimate of drug-likeness (QED) is 0.263. The molecule has 0 bridgehead atoms. The van der Waals surface area contributed by atoms with Gasteiger partial charge in [0.2, 0.25) is 0 Å². The van der Waals surface area contributed by atoms with Gasteiger partial charge in [-0.1, -0.05) is 67.1 Å². The molecule has 1 aliphatic rings. The molecule has 0 amide bonds. The Morgan fingerprint density at radius 3 is 2.52 bits per heavy atom. The summed E-state index contributed by atoms with van der Waals surface area (Å²) in [7, 11) is 1.57. The number of hydrogen-bond donors (Lipinski definition) is 0. The number of thiazole rings is 1. The highest BCUT2D eigenvalue weighted by atomic mass is 32.1. The minimum atomic E-state index is -1.32. The van der Waals surface area contributed by atoms with Gasteiger partial charge in [0, 0.05) is 5.56 Å². The first-order valence-corrected chi connectivity index (χ1v) is 14.4. The summed E-state index contributed by atoms with van der Waals surface area (Å²) in [6, 6.07) is 17.4. The molecule has 0 spiro atoms. The third-order valence-corrected chi connectivity index (χ3v) is 7.83. The number of carbonyl (C=O) groups excluding carboxylic acids is 2. The summed E-state index contributed by atoms with van der Waals surface area (Å²) in [4.78, 5) is 43.7. The highest BCUT2D eigenvalue weighted by Crippen LogP contribution is 2.41. The Bertz CT molecular complexity index is 1870. The van der Waals surface area contributed by atoms with E-state index in [2.05, 4.69) is 0 Å². The van der Waals surface area contributed by atoms with Gasteiger partial charge in [0.1, 0.15) is 24.1 Å². The van der Waals surface area contributed by atoms with Gasteiger partial charge in [-0.15, -0.1) is 0 Å². The average molecular weight is 586 g/mol. The number of carboxylic acids is 1. The van der Waals surface area contributed by atoms with Crippen molar-refractivity contribution >= 4 is 40.1 Å². The molecule has 0 radical (unpaired) electrons. The number of fused-ring (bicyclic) bond motifs is 2. The molecule has 0 N–H and O–H groups in total. The van der Waals surface area contributed by atoms with Crippen LogP contribution in [0, 0.1) is 0 Å². The smallest absolute Gasteiger partial charge is 0.338 e. The lowest BCUT2D eigenvalue weighted by Gasteiger charge is -2.28. The Morgan fingerprint density at radius 1 is 1.07 bits per heavy atom.